The summed E-state index contributed by atoms with van der Waals surface area (Å²) in [6.07, 6.45) is 1.45. The summed E-state index contributed by atoms with van der Waals surface area (Å²) in [6, 6.07) is 5.54. The van der Waals surface area contributed by atoms with Gasteiger partial charge in [-0.05, 0) is 22.9 Å². The van der Waals surface area contributed by atoms with Crippen molar-refractivity contribution in [2.75, 3.05) is 0 Å². The first kappa shape index (κ1) is 17.7. The lowest BCUT2D eigenvalue weighted by molar-refractivity contribution is 0.161. The second-order valence-corrected chi connectivity index (χ2v) is 5.62. The molecule has 0 unspecified atom stereocenters. The van der Waals surface area contributed by atoms with Gasteiger partial charge in [0.15, 0.2) is 0 Å². The topological polar surface area (TPSA) is 118 Å². The van der Waals surface area contributed by atoms with Gasteiger partial charge in [0.1, 0.15) is 5.82 Å². The zero-order chi connectivity index (χ0) is 18.7. The number of urea groups is 1. The van der Waals surface area contributed by atoms with Gasteiger partial charge in [0.25, 0.3) is 0 Å². The second kappa shape index (κ2) is 7.42. The summed E-state index contributed by atoms with van der Waals surface area (Å²) in [7, 11) is 1.62. The number of pyridine rings is 1. The molecule has 0 saturated heterocycles. The molecule has 2 heterocycles. The summed E-state index contributed by atoms with van der Waals surface area (Å²) < 4.78 is 14.4. The number of amides is 2. The Bertz CT molecular complexity index is 963. The van der Waals surface area contributed by atoms with Gasteiger partial charge in [-0.3, -0.25) is 10.2 Å². The Kier molecular flexibility index (Phi) is 5.05. The number of nitrogens with one attached hydrogen (secondary N) is 2. The number of benzene rings is 1. The molecule has 2 aromatic heterocycles. The van der Waals surface area contributed by atoms with Crippen LogP contribution in [0.2, 0.25) is 5.02 Å². The van der Waals surface area contributed by atoms with Crippen molar-refractivity contribution in [1.29, 1.82) is 0 Å². The number of rotatable bonds is 4. The predicted molar refractivity (Wildman–Crippen MR) is 89.6 cm³/mol. The number of aryl methyl sites for hydroxylation is 1. The molecule has 2 amide bonds. The highest BCUT2D eigenvalue weighted by Crippen LogP contribution is 2.35. The molecular weight excluding hydrogens is 365 g/mol. The maximum Gasteiger partial charge on any atom is 0.338 e. The van der Waals surface area contributed by atoms with Crippen molar-refractivity contribution >= 4 is 17.6 Å². The van der Waals surface area contributed by atoms with Crippen LogP contribution in [0.15, 0.2) is 30.5 Å². The molecule has 3 N–H and O–H groups in total. The molecule has 0 atom stereocenters. The molecule has 3 aromatic rings. The molecule has 0 aliphatic carbocycles. The molecule has 0 saturated carbocycles. The third kappa shape index (κ3) is 3.60. The van der Waals surface area contributed by atoms with Crippen LogP contribution in [0.4, 0.5) is 9.18 Å². The molecule has 1 aromatic carbocycles. The molecule has 0 fully saturated rings. The van der Waals surface area contributed by atoms with E-state index >= 15 is 0 Å². The van der Waals surface area contributed by atoms with E-state index in [9.17, 15) is 9.18 Å². The summed E-state index contributed by atoms with van der Waals surface area (Å²) in [6.45, 7) is -0.188. The minimum absolute atomic E-state index is 0.0126. The molecule has 9 nitrogen and oxygen atoms in total. The van der Waals surface area contributed by atoms with E-state index in [1.165, 1.54) is 22.5 Å². The average Bonchev–Trinajstić information content (AvgIpc) is 3.06. The van der Waals surface area contributed by atoms with Crippen molar-refractivity contribution in [2.45, 2.75) is 6.54 Å². The molecule has 3 rings (SSSR count). The van der Waals surface area contributed by atoms with Crippen LogP contribution in [-0.4, -0.2) is 36.4 Å². The quantitative estimate of drug-likeness (QED) is 0.472. The third-order valence-electron chi connectivity index (χ3n) is 3.49. The SMILES string of the molecule is Cn1nnc(-c2c(Cl)cccc2-c2cnc(CNC(=O)NO)c(F)c2)n1. The highest BCUT2D eigenvalue weighted by molar-refractivity contribution is 6.33. The van der Waals surface area contributed by atoms with Crippen molar-refractivity contribution in [3.05, 3.63) is 47.0 Å². The van der Waals surface area contributed by atoms with Crippen LogP contribution in [0.1, 0.15) is 5.69 Å². The lowest BCUT2D eigenvalue weighted by Gasteiger charge is -2.10. The molecular formula is C15H13ClFN7O2. The maximum absolute atomic E-state index is 14.4. The van der Waals surface area contributed by atoms with Crippen molar-refractivity contribution < 1.29 is 14.4 Å². The number of halogens is 2. The fraction of sp³-hybridized carbons (Fsp3) is 0.133. The predicted octanol–water partition coefficient (Wildman–Crippen LogP) is 1.92. The number of hydroxylamine groups is 1. The summed E-state index contributed by atoms with van der Waals surface area (Å²) in [5.74, 6) is -0.322. The highest BCUT2D eigenvalue weighted by atomic mass is 35.5. The first-order valence-electron chi connectivity index (χ1n) is 7.35. The molecule has 0 radical (unpaired) electrons. The van der Waals surface area contributed by atoms with Gasteiger partial charge >= 0.3 is 6.03 Å². The Hall–Kier alpha value is -3.11. The van der Waals surface area contributed by atoms with Gasteiger partial charge in [0, 0.05) is 17.3 Å². The Morgan fingerprint density at radius 1 is 1.42 bits per heavy atom. The van der Waals surface area contributed by atoms with Crippen LogP contribution in [0.25, 0.3) is 22.5 Å². The fourth-order valence-electron chi connectivity index (χ4n) is 2.32. The van der Waals surface area contributed by atoms with Gasteiger partial charge in [-0.25, -0.2) is 14.7 Å². The number of nitrogens with zero attached hydrogens (tertiary/aromatic N) is 5. The van der Waals surface area contributed by atoms with E-state index in [1.807, 2.05) is 0 Å². The monoisotopic (exact) mass is 377 g/mol. The van der Waals surface area contributed by atoms with Crippen LogP contribution >= 0.6 is 11.6 Å². The van der Waals surface area contributed by atoms with E-state index in [2.05, 4.69) is 25.7 Å². The summed E-state index contributed by atoms with van der Waals surface area (Å²) in [5.41, 5.74) is 2.96. The second-order valence-electron chi connectivity index (χ2n) is 5.21. The third-order valence-corrected chi connectivity index (χ3v) is 3.81. The van der Waals surface area contributed by atoms with E-state index in [0.29, 0.717) is 27.5 Å². The van der Waals surface area contributed by atoms with E-state index in [1.54, 1.807) is 25.2 Å². The molecule has 11 heteroatoms. The Morgan fingerprint density at radius 2 is 2.23 bits per heavy atom. The van der Waals surface area contributed by atoms with Crippen LogP contribution < -0.4 is 10.8 Å². The Balaban J connectivity index is 1.98. The van der Waals surface area contributed by atoms with Crippen LogP contribution in [0.5, 0.6) is 0 Å². The van der Waals surface area contributed by atoms with E-state index < -0.39 is 11.8 Å². The number of carbonyl (C=O) groups excluding carboxylic acids is 1. The Labute approximate surface area is 151 Å². The summed E-state index contributed by atoms with van der Waals surface area (Å²) in [4.78, 5) is 16.3. The van der Waals surface area contributed by atoms with Gasteiger partial charge < -0.3 is 5.32 Å². The lowest BCUT2D eigenvalue weighted by Crippen LogP contribution is -2.33. The Morgan fingerprint density at radius 3 is 2.88 bits per heavy atom. The molecule has 0 bridgehead atoms. The van der Waals surface area contributed by atoms with E-state index in [0.717, 1.165) is 0 Å². The van der Waals surface area contributed by atoms with Gasteiger partial charge in [0.05, 0.1) is 24.3 Å². The first-order chi connectivity index (χ1) is 12.5. The summed E-state index contributed by atoms with van der Waals surface area (Å²) >= 11 is 6.29. The van der Waals surface area contributed by atoms with Crippen molar-refractivity contribution in [2.24, 2.45) is 7.05 Å². The van der Waals surface area contributed by atoms with E-state index in [4.69, 9.17) is 16.8 Å². The zero-order valence-electron chi connectivity index (χ0n) is 13.4. The lowest BCUT2D eigenvalue weighted by atomic mass is 10.00. The van der Waals surface area contributed by atoms with Crippen LogP contribution in [0, 0.1) is 5.82 Å². The minimum Gasteiger partial charge on any atom is -0.331 e. The normalized spacial score (nSPS) is 10.6. The maximum atomic E-state index is 14.4. The number of aromatic nitrogens is 5. The fourth-order valence-corrected chi connectivity index (χ4v) is 2.58. The standard InChI is InChI=1S/C15H13ClFN7O2/c1-24-21-14(20-23-24)13-9(3-2-4-10(13)16)8-5-11(17)12(18-6-8)7-19-15(25)22-26/h2-6,26H,7H2,1H3,(H2,19,22,25). The van der Waals surface area contributed by atoms with Crippen LogP contribution in [0.3, 0.4) is 0 Å². The van der Waals surface area contributed by atoms with Crippen LogP contribution in [-0.2, 0) is 13.6 Å². The molecule has 0 spiro atoms. The van der Waals surface area contributed by atoms with Gasteiger partial charge in [0.2, 0.25) is 5.82 Å². The smallest absolute Gasteiger partial charge is 0.331 e. The summed E-state index contributed by atoms with van der Waals surface area (Å²) in [5, 5.41) is 23.0. The first-order valence-corrected chi connectivity index (χ1v) is 7.73. The number of tetrazole rings is 1. The average molecular weight is 378 g/mol. The number of carbonyl (C=O) groups is 1. The van der Waals surface area contributed by atoms with Gasteiger partial charge in [-0.15, -0.1) is 10.2 Å². The van der Waals surface area contributed by atoms with Crippen molar-refractivity contribution in [1.82, 2.24) is 36.0 Å². The van der Waals surface area contributed by atoms with Gasteiger partial charge in [-0.2, -0.15) is 4.80 Å². The largest absolute Gasteiger partial charge is 0.338 e. The number of hydrogen-bond acceptors (Lipinski definition) is 6. The molecule has 0 aliphatic rings. The van der Waals surface area contributed by atoms with Crippen molar-refractivity contribution in [3.8, 4) is 22.5 Å². The zero-order valence-corrected chi connectivity index (χ0v) is 14.2. The highest BCUT2D eigenvalue weighted by Gasteiger charge is 2.17. The van der Waals surface area contributed by atoms with Gasteiger partial charge in [-0.1, -0.05) is 23.7 Å². The number of hydrogen-bond donors (Lipinski definition) is 3. The van der Waals surface area contributed by atoms with E-state index in [-0.39, 0.29) is 12.2 Å². The minimum atomic E-state index is -0.860. The van der Waals surface area contributed by atoms with Crippen molar-refractivity contribution in [3.63, 3.8) is 0 Å². The molecule has 134 valence electrons. The molecule has 26 heavy (non-hydrogen) atoms. The molecule has 0 aliphatic heterocycles.